The number of hydrogen-bond donors (Lipinski definition) is 0. The smallest absolute Gasteiger partial charge is 0.245 e. The number of amides is 1. The predicted molar refractivity (Wildman–Crippen MR) is 111 cm³/mol. The van der Waals surface area contributed by atoms with Crippen molar-refractivity contribution in [2.24, 2.45) is 0 Å². The molecule has 3 aromatic rings. The van der Waals surface area contributed by atoms with Crippen LogP contribution in [-0.4, -0.2) is 56.5 Å². The van der Waals surface area contributed by atoms with Gasteiger partial charge in [-0.15, -0.1) is 5.10 Å². The predicted octanol–water partition coefficient (Wildman–Crippen LogP) is 2.30. The van der Waals surface area contributed by atoms with Gasteiger partial charge in [0.05, 0.1) is 12.2 Å². The minimum absolute atomic E-state index is 0.119. The Morgan fingerprint density at radius 2 is 1.93 bits per heavy atom. The van der Waals surface area contributed by atoms with Gasteiger partial charge in [0, 0.05) is 25.8 Å². The van der Waals surface area contributed by atoms with E-state index in [1.54, 1.807) is 6.20 Å². The summed E-state index contributed by atoms with van der Waals surface area (Å²) in [5.41, 5.74) is 0.778. The van der Waals surface area contributed by atoms with Crippen LogP contribution in [0.3, 0.4) is 0 Å². The molecule has 1 unspecified atom stereocenters. The van der Waals surface area contributed by atoms with Gasteiger partial charge in [-0.25, -0.2) is 9.67 Å². The molecule has 0 saturated carbocycles. The second kappa shape index (κ2) is 8.14. The highest BCUT2D eigenvalue weighted by atomic mass is 16.5. The van der Waals surface area contributed by atoms with Crippen molar-refractivity contribution in [1.82, 2.24) is 24.9 Å². The van der Waals surface area contributed by atoms with Crippen LogP contribution in [0.25, 0.3) is 0 Å². The molecule has 2 fully saturated rings. The van der Waals surface area contributed by atoms with Crippen LogP contribution in [0.15, 0.2) is 60.9 Å². The molecule has 4 heterocycles. The zero-order valence-electron chi connectivity index (χ0n) is 16.7. The molecular formula is C22H24N6O2. The quantitative estimate of drug-likeness (QED) is 0.628. The first kappa shape index (κ1) is 18.6. The summed E-state index contributed by atoms with van der Waals surface area (Å²) in [6, 6.07) is 15.5. The molecule has 2 saturated heterocycles. The second-order valence-corrected chi connectivity index (χ2v) is 7.73. The number of para-hydroxylation sites is 1. The molecule has 5 rings (SSSR count). The van der Waals surface area contributed by atoms with Gasteiger partial charge in [0.2, 0.25) is 5.91 Å². The number of rotatable bonds is 6. The number of ether oxygens (including phenoxy) is 1. The van der Waals surface area contributed by atoms with Crippen molar-refractivity contribution in [3.63, 3.8) is 0 Å². The SMILES string of the molecule is O=C(C1CCCN1c1ccccn1)N1CC(n2cc(COc3ccccc3)nn2)C1. The number of carbonyl (C=O) groups excluding carboxylic acids is 1. The maximum atomic E-state index is 13.0. The average molecular weight is 404 g/mol. The minimum atomic E-state index is -0.119. The Labute approximate surface area is 175 Å². The molecule has 2 aliphatic rings. The molecule has 1 amide bonds. The van der Waals surface area contributed by atoms with Crippen molar-refractivity contribution in [3.05, 3.63) is 66.6 Å². The van der Waals surface area contributed by atoms with E-state index in [1.807, 2.05) is 64.3 Å². The van der Waals surface area contributed by atoms with Crippen molar-refractivity contribution in [2.75, 3.05) is 24.5 Å². The Balaban J connectivity index is 1.15. The number of carbonyl (C=O) groups is 1. The highest BCUT2D eigenvalue weighted by Gasteiger charge is 2.40. The van der Waals surface area contributed by atoms with Crippen molar-refractivity contribution in [3.8, 4) is 5.75 Å². The molecule has 0 bridgehead atoms. The minimum Gasteiger partial charge on any atom is -0.487 e. The van der Waals surface area contributed by atoms with E-state index in [9.17, 15) is 4.79 Å². The molecule has 8 nitrogen and oxygen atoms in total. The molecule has 0 spiro atoms. The van der Waals surface area contributed by atoms with Gasteiger partial charge < -0.3 is 14.5 Å². The van der Waals surface area contributed by atoms with Crippen molar-refractivity contribution >= 4 is 11.7 Å². The third-order valence-corrected chi connectivity index (χ3v) is 5.72. The summed E-state index contributed by atoms with van der Waals surface area (Å²) < 4.78 is 7.57. The maximum absolute atomic E-state index is 13.0. The lowest BCUT2D eigenvalue weighted by atomic mass is 10.1. The van der Waals surface area contributed by atoms with Gasteiger partial charge in [-0.3, -0.25) is 4.79 Å². The van der Waals surface area contributed by atoms with E-state index in [0.29, 0.717) is 19.7 Å². The largest absolute Gasteiger partial charge is 0.487 e. The summed E-state index contributed by atoms with van der Waals surface area (Å²) in [7, 11) is 0. The molecule has 8 heteroatoms. The Hall–Kier alpha value is -3.42. The highest BCUT2D eigenvalue weighted by molar-refractivity contribution is 5.86. The normalized spacial score (nSPS) is 19.0. The number of benzene rings is 1. The topological polar surface area (TPSA) is 76.4 Å². The van der Waals surface area contributed by atoms with Crippen LogP contribution in [-0.2, 0) is 11.4 Å². The lowest BCUT2D eigenvalue weighted by molar-refractivity contribution is -0.138. The Bertz CT molecular complexity index is 987. The Morgan fingerprint density at radius 3 is 2.73 bits per heavy atom. The highest BCUT2D eigenvalue weighted by Crippen LogP contribution is 2.28. The number of anilines is 1. The summed E-state index contributed by atoms with van der Waals surface area (Å²) in [6.45, 7) is 2.57. The summed E-state index contributed by atoms with van der Waals surface area (Å²) in [6.07, 6.45) is 5.57. The van der Waals surface area contributed by atoms with Gasteiger partial charge in [-0.1, -0.05) is 29.5 Å². The number of nitrogens with zero attached hydrogens (tertiary/aromatic N) is 6. The third kappa shape index (κ3) is 3.72. The number of aromatic nitrogens is 4. The fourth-order valence-electron chi connectivity index (χ4n) is 4.07. The van der Waals surface area contributed by atoms with Crippen LogP contribution in [0, 0.1) is 0 Å². The molecule has 154 valence electrons. The molecule has 0 aliphatic carbocycles. The first-order valence-electron chi connectivity index (χ1n) is 10.3. The van der Waals surface area contributed by atoms with E-state index in [4.69, 9.17) is 4.74 Å². The molecule has 30 heavy (non-hydrogen) atoms. The number of likely N-dealkylation sites (tertiary alicyclic amines) is 1. The van der Waals surface area contributed by atoms with Crippen LogP contribution in [0.4, 0.5) is 5.82 Å². The third-order valence-electron chi connectivity index (χ3n) is 5.72. The monoisotopic (exact) mass is 404 g/mol. The van der Waals surface area contributed by atoms with Crippen molar-refractivity contribution in [1.29, 1.82) is 0 Å². The number of pyridine rings is 1. The Morgan fingerprint density at radius 1 is 1.10 bits per heavy atom. The summed E-state index contributed by atoms with van der Waals surface area (Å²) in [4.78, 5) is 21.5. The molecule has 1 atom stereocenters. The standard InChI is InChI=1S/C22H24N6O2/c29-22(20-9-6-12-27(20)21-10-4-5-11-23-21)26-14-18(15-26)28-13-17(24-25-28)16-30-19-7-2-1-3-8-19/h1-5,7-8,10-11,13,18,20H,6,9,12,14-16H2. The molecule has 1 aromatic carbocycles. The summed E-state index contributed by atoms with van der Waals surface area (Å²) in [5.74, 6) is 1.87. The maximum Gasteiger partial charge on any atom is 0.245 e. The van der Waals surface area contributed by atoms with Gasteiger partial charge >= 0.3 is 0 Å². The van der Waals surface area contributed by atoms with Gasteiger partial charge in [-0.2, -0.15) is 0 Å². The molecule has 2 aliphatic heterocycles. The van der Waals surface area contributed by atoms with E-state index in [0.717, 1.165) is 36.6 Å². The van der Waals surface area contributed by atoms with Gasteiger partial charge in [0.25, 0.3) is 0 Å². The fourth-order valence-corrected chi connectivity index (χ4v) is 4.07. The molecule has 0 radical (unpaired) electrons. The number of hydrogen-bond acceptors (Lipinski definition) is 6. The van der Waals surface area contributed by atoms with Gasteiger partial charge in [0.15, 0.2) is 0 Å². The van der Waals surface area contributed by atoms with E-state index >= 15 is 0 Å². The van der Waals surface area contributed by atoms with Crippen LogP contribution in [0.1, 0.15) is 24.6 Å². The first-order chi connectivity index (χ1) is 14.8. The van der Waals surface area contributed by atoms with Crippen LogP contribution in [0.2, 0.25) is 0 Å². The fraction of sp³-hybridized carbons (Fsp3) is 0.364. The zero-order chi connectivity index (χ0) is 20.3. The average Bonchev–Trinajstić information content (AvgIpc) is 3.42. The zero-order valence-corrected chi connectivity index (χ0v) is 16.7. The molecular weight excluding hydrogens is 380 g/mol. The molecule has 2 aromatic heterocycles. The van der Waals surface area contributed by atoms with Crippen LogP contribution >= 0.6 is 0 Å². The van der Waals surface area contributed by atoms with E-state index in [1.165, 1.54) is 0 Å². The van der Waals surface area contributed by atoms with E-state index in [2.05, 4.69) is 20.2 Å². The van der Waals surface area contributed by atoms with Crippen LogP contribution < -0.4 is 9.64 Å². The summed E-state index contributed by atoms with van der Waals surface area (Å²) in [5, 5.41) is 8.43. The lowest BCUT2D eigenvalue weighted by Crippen LogP contribution is -2.56. The summed E-state index contributed by atoms with van der Waals surface area (Å²) >= 11 is 0. The first-order valence-corrected chi connectivity index (χ1v) is 10.3. The second-order valence-electron chi connectivity index (χ2n) is 7.73. The van der Waals surface area contributed by atoms with E-state index < -0.39 is 0 Å². The lowest BCUT2D eigenvalue weighted by Gasteiger charge is -2.41. The van der Waals surface area contributed by atoms with Crippen molar-refractivity contribution in [2.45, 2.75) is 31.5 Å². The van der Waals surface area contributed by atoms with Gasteiger partial charge in [-0.05, 0) is 37.1 Å². The van der Waals surface area contributed by atoms with Gasteiger partial charge in [0.1, 0.15) is 29.9 Å². The Kier molecular flexibility index (Phi) is 5.04. The van der Waals surface area contributed by atoms with Crippen molar-refractivity contribution < 1.29 is 9.53 Å². The van der Waals surface area contributed by atoms with E-state index in [-0.39, 0.29) is 18.0 Å². The van der Waals surface area contributed by atoms with Crippen LogP contribution in [0.5, 0.6) is 5.75 Å². The molecule has 0 N–H and O–H groups in total.